The Bertz CT molecular complexity index is 756. The van der Waals surface area contributed by atoms with Gasteiger partial charge in [0.05, 0.1) is 37.4 Å². The van der Waals surface area contributed by atoms with Gasteiger partial charge in [-0.25, -0.2) is 13.6 Å². The summed E-state index contributed by atoms with van der Waals surface area (Å²) in [6, 6.07) is 2.68. The average molecular weight is 367 g/mol. The third-order valence-electron chi connectivity index (χ3n) is 4.38. The molecule has 2 heterocycles. The molecular weight excluding hydrogens is 348 g/mol. The minimum absolute atomic E-state index is 0.0427. The minimum atomic E-state index is -0.768. The molecule has 1 unspecified atom stereocenters. The first-order chi connectivity index (χ1) is 12.4. The number of hydrogen-bond donors (Lipinski definition) is 1. The topological polar surface area (TPSA) is 79.0 Å². The van der Waals surface area contributed by atoms with Crippen LogP contribution in [0.3, 0.4) is 0 Å². The summed E-state index contributed by atoms with van der Waals surface area (Å²) >= 11 is 0. The number of amides is 3. The summed E-state index contributed by atoms with van der Waals surface area (Å²) in [5, 5.41) is 2.64. The molecule has 1 atom stereocenters. The molecule has 1 N–H and O–H groups in total. The molecule has 7 nitrogen and oxygen atoms in total. The van der Waals surface area contributed by atoms with Crippen molar-refractivity contribution < 1.29 is 27.9 Å². The number of nitrogens with zero attached hydrogens (tertiary/aromatic N) is 2. The van der Waals surface area contributed by atoms with Crippen LogP contribution in [0.5, 0.6) is 0 Å². The zero-order chi connectivity index (χ0) is 18.8. The molecule has 2 aliphatic heterocycles. The molecule has 3 rings (SSSR count). The quantitative estimate of drug-likeness (QED) is 0.827. The molecule has 0 saturated carbocycles. The monoisotopic (exact) mass is 367 g/mol. The highest BCUT2D eigenvalue weighted by atomic mass is 19.1. The van der Waals surface area contributed by atoms with Crippen molar-refractivity contribution in [3.63, 3.8) is 0 Å². The Kier molecular flexibility index (Phi) is 5.06. The highest BCUT2D eigenvalue weighted by Crippen LogP contribution is 2.36. The molecule has 9 heteroatoms. The molecule has 0 aromatic heterocycles. The number of carbonyl (C=O) groups is 3. The van der Waals surface area contributed by atoms with Crippen molar-refractivity contribution in [2.45, 2.75) is 25.9 Å². The number of carbonyl (C=O) groups excluding carboxylic acids is 3. The van der Waals surface area contributed by atoms with Crippen molar-refractivity contribution in [2.24, 2.45) is 0 Å². The van der Waals surface area contributed by atoms with E-state index in [0.717, 1.165) is 11.0 Å². The van der Waals surface area contributed by atoms with Crippen LogP contribution < -0.4 is 15.1 Å². The molecule has 140 valence electrons. The first-order valence-electron chi connectivity index (χ1n) is 8.38. The summed E-state index contributed by atoms with van der Waals surface area (Å²) < 4.78 is 32.3. The zero-order valence-electron chi connectivity index (χ0n) is 14.3. The van der Waals surface area contributed by atoms with Crippen molar-refractivity contribution in [1.82, 2.24) is 5.32 Å². The Morgan fingerprint density at radius 2 is 2.15 bits per heavy atom. The van der Waals surface area contributed by atoms with Crippen molar-refractivity contribution in [3.05, 3.63) is 23.5 Å². The lowest BCUT2D eigenvalue weighted by molar-refractivity contribution is -0.121. The fraction of sp³-hybridized carbons (Fsp3) is 0.471. The lowest BCUT2D eigenvalue weighted by Crippen LogP contribution is -2.34. The summed E-state index contributed by atoms with van der Waals surface area (Å²) in [5.74, 6) is -1.22. The van der Waals surface area contributed by atoms with E-state index in [1.54, 1.807) is 13.0 Å². The van der Waals surface area contributed by atoms with Crippen LogP contribution in [0.2, 0.25) is 0 Å². The van der Waals surface area contributed by atoms with E-state index in [9.17, 15) is 23.2 Å². The molecule has 0 radical (unpaired) electrons. The fourth-order valence-electron chi connectivity index (χ4n) is 3.13. The molecule has 1 aromatic carbocycles. The van der Waals surface area contributed by atoms with Crippen LogP contribution in [0.15, 0.2) is 12.1 Å². The van der Waals surface area contributed by atoms with Crippen molar-refractivity contribution in [1.29, 1.82) is 0 Å². The predicted octanol–water partition coefficient (Wildman–Crippen LogP) is 1.54. The summed E-state index contributed by atoms with van der Waals surface area (Å²) in [4.78, 5) is 37.7. The van der Waals surface area contributed by atoms with Gasteiger partial charge in [-0.3, -0.25) is 14.5 Å². The SMILES string of the molecule is CCC(=O)NCC1CN(c2cc(F)c3c(c2)CC(=O)N3CCF)C(=O)O1. The van der Waals surface area contributed by atoms with Crippen molar-refractivity contribution >= 4 is 29.3 Å². The molecule has 1 fully saturated rings. The third-order valence-corrected chi connectivity index (χ3v) is 4.38. The largest absolute Gasteiger partial charge is 0.442 e. The molecule has 1 saturated heterocycles. The normalized spacial score (nSPS) is 19.0. The van der Waals surface area contributed by atoms with Gasteiger partial charge < -0.3 is 15.0 Å². The maximum Gasteiger partial charge on any atom is 0.414 e. The maximum atomic E-state index is 14.5. The van der Waals surface area contributed by atoms with Gasteiger partial charge in [-0.2, -0.15) is 0 Å². The highest BCUT2D eigenvalue weighted by Gasteiger charge is 2.36. The summed E-state index contributed by atoms with van der Waals surface area (Å²) in [7, 11) is 0. The first kappa shape index (κ1) is 18.1. The van der Waals surface area contributed by atoms with Crippen molar-refractivity contribution in [2.75, 3.05) is 36.1 Å². The Balaban J connectivity index is 1.78. The van der Waals surface area contributed by atoms with E-state index in [-0.39, 0.29) is 49.2 Å². The summed E-state index contributed by atoms with van der Waals surface area (Å²) in [6.45, 7) is 1.07. The van der Waals surface area contributed by atoms with E-state index in [2.05, 4.69) is 5.32 Å². The molecular formula is C17H19F2N3O4. The summed E-state index contributed by atoms with van der Waals surface area (Å²) in [5.41, 5.74) is 0.746. The van der Waals surface area contributed by atoms with Gasteiger partial charge in [0, 0.05) is 6.42 Å². The first-order valence-corrected chi connectivity index (χ1v) is 8.38. The molecule has 0 bridgehead atoms. The predicted molar refractivity (Wildman–Crippen MR) is 89.3 cm³/mol. The minimum Gasteiger partial charge on any atom is -0.442 e. The van der Waals surface area contributed by atoms with E-state index in [1.807, 2.05) is 0 Å². The number of fused-ring (bicyclic) bond motifs is 1. The van der Waals surface area contributed by atoms with Crippen LogP contribution in [0.1, 0.15) is 18.9 Å². The molecule has 26 heavy (non-hydrogen) atoms. The van der Waals surface area contributed by atoms with E-state index >= 15 is 0 Å². The smallest absolute Gasteiger partial charge is 0.414 e. The molecule has 3 amide bonds. The summed E-state index contributed by atoms with van der Waals surface area (Å²) in [6.07, 6.45) is -0.910. The molecule has 0 aliphatic carbocycles. The van der Waals surface area contributed by atoms with Gasteiger partial charge in [0.2, 0.25) is 11.8 Å². The average Bonchev–Trinajstić information content (AvgIpc) is 3.13. The van der Waals surface area contributed by atoms with Gasteiger partial charge in [-0.05, 0) is 17.7 Å². The van der Waals surface area contributed by atoms with Crippen LogP contribution in [0, 0.1) is 5.82 Å². The Morgan fingerprint density at radius 3 is 2.85 bits per heavy atom. The van der Waals surface area contributed by atoms with Gasteiger partial charge in [-0.15, -0.1) is 0 Å². The van der Waals surface area contributed by atoms with Gasteiger partial charge in [0.25, 0.3) is 0 Å². The molecule has 2 aliphatic rings. The van der Waals surface area contributed by atoms with Gasteiger partial charge in [0.15, 0.2) is 0 Å². The second-order valence-electron chi connectivity index (χ2n) is 6.12. The molecule has 0 spiro atoms. The van der Waals surface area contributed by atoms with Gasteiger partial charge in [0.1, 0.15) is 18.6 Å². The van der Waals surface area contributed by atoms with E-state index in [0.29, 0.717) is 12.0 Å². The maximum absolute atomic E-state index is 14.5. The third kappa shape index (κ3) is 3.33. The molecule has 1 aromatic rings. The number of rotatable bonds is 6. The number of halogens is 2. The number of hydrogen-bond acceptors (Lipinski definition) is 4. The van der Waals surface area contributed by atoms with E-state index in [4.69, 9.17) is 4.74 Å². The van der Waals surface area contributed by atoms with Gasteiger partial charge >= 0.3 is 6.09 Å². The van der Waals surface area contributed by atoms with Gasteiger partial charge in [-0.1, -0.05) is 6.92 Å². The second-order valence-corrected chi connectivity index (χ2v) is 6.12. The number of benzene rings is 1. The standard InChI is InChI=1S/C17H19F2N3O4/c1-2-14(23)20-8-12-9-22(17(25)26-12)11-5-10-6-15(24)21(4-3-18)16(10)13(19)7-11/h5,7,12H,2-4,6,8-9H2,1H3,(H,20,23). The Morgan fingerprint density at radius 1 is 1.38 bits per heavy atom. The Labute approximate surface area is 148 Å². The van der Waals surface area contributed by atoms with Crippen LogP contribution in [0.25, 0.3) is 0 Å². The van der Waals surface area contributed by atoms with Crippen LogP contribution in [0.4, 0.5) is 25.0 Å². The lowest BCUT2D eigenvalue weighted by Gasteiger charge is -2.18. The number of alkyl halides is 1. The Hall–Kier alpha value is -2.71. The van der Waals surface area contributed by atoms with E-state index < -0.39 is 24.7 Å². The number of cyclic esters (lactones) is 1. The van der Waals surface area contributed by atoms with Crippen molar-refractivity contribution in [3.8, 4) is 0 Å². The second kappa shape index (κ2) is 7.27. The number of nitrogens with one attached hydrogen (secondary N) is 1. The lowest BCUT2D eigenvalue weighted by atomic mass is 10.1. The van der Waals surface area contributed by atoms with E-state index in [1.165, 1.54) is 4.90 Å². The fourth-order valence-corrected chi connectivity index (χ4v) is 3.13. The number of ether oxygens (including phenoxy) is 1. The number of anilines is 2. The van der Waals surface area contributed by atoms with Crippen LogP contribution >= 0.6 is 0 Å². The highest BCUT2D eigenvalue weighted by molar-refractivity contribution is 6.02. The zero-order valence-corrected chi connectivity index (χ0v) is 14.3. The van der Waals surface area contributed by atoms with Crippen LogP contribution in [-0.4, -0.2) is 50.3 Å². The van der Waals surface area contributed by atoms with Crippen LogP contribution in [-0.2, 0) is 20.7 Å².